The molecule has 2 amide bonds. The highest BCUT2D eigenvalue weighted by Crippen LogP contribution is 2.47. The van der Waals surface area contributed by atoms with Crippen molar-refractivity contribution >= 4 is 23.3 Å². The van der Waals surface area contributed by atoms with Gasteiger partial charge in [-0.2, -0.15) is 15.2 Å². The maximum absolute atomic E-state index is 14.5. The molecule has 0 bridgehead atoms. The van der Waals surface area contributed by atoms with Gasteiger partial charge in [0.05, 0.1) is 36.8 Å². The molecule has 1 aliphatic carbocycles. The fourth-order valence-electron chi connectivity index (χ4n) is 6.05. The average molecular weight is 523 g/mol. The van der Waals surface area contributed by atoms with Crippen LogP contribution in [0.3, 0.4) is 0 Å². The van der Waals surface area contributed by atoms with Gasteiger partial charge in [0.15, 0.2) is 11.6 Å². The number of hydrogen-bond donors (Lipinski definition) is 1. The van der Waals surface area contributed by atoms with Crippen molar-refractivity contribution in [3.05, 3.63) is 52.7 Å². The highest BCUT2D eigenvalue weighted by Gasteiger charge is 2.49. The number of aromatic nitrogens is 2. The molecule has 9 nitrogen and oxygen atoms in total. The number of aryl methyl sites for hydroxylation is 1. The Hall–Kier alpha value is -4.07. The predicted octanol–water partition coefficient (Wildman–Crippen LogP) is 3.12. The molecule has 2 aromatic rings. The third kappa shape index (κ3) is 4.14. The van der Waals surface area contributed by atoms with Gasteiger partial charge in [0, 0.05) is 26.1 Å². The van der Waals surface area contributed by atoms with Gasteiger partial charge < -0.3 is 19.9 Å². The summed E-state index contributed by atoms with van der Waals surface area (Å²) < 4.78 is 33.5. The van der Waals surface area contributed by atoms with E-state index in [4.69, 9.17) is 4.74 Å². The molecule has 3 heterocycles. The Morgan fingerprint density at radius 1 is 1.37 bits per heavy atom. The number of carbonyl (C=O) groups excluding carboxylic acids is 2. The number of fused-ring (bicyclic) bond motifs is 3. The van der Waals surface area contributed by atoms with Gasteiger partial charge in [-0.15, -0.1) is 0 Å². The third-order valence-corrected chi connectivity index (χ3v) is 7.86. The van der Waals surface area contributed by atoms with Crippen LogP contribution in [-0.4, -0.2) is 59.5 Å². The summed E-state index contributed by atoms with van der Waals surface area (Å²) in [6, 6.07) is 4.51. The van der Waals surface area contributed by atoms with Crippen molar-refractivity contribution in [2.75, 3.05) is 37.0 Å². The molecule has 5 rings (SSSR count). The van der Waals surface area contributed by atoms with Crippen LogP contribution in [0.15, 0.2) is 24.5 Å². The second-order valence-corrected chi connectivity index (χ2v) is 10.0. The molecule has 1 N–H and O–H groups in total. The number of methoxy groups -OCH3 is 1. The van der Waals surface area contributed by atoms with Crippen LogP contribution in [0, 0.1) is 24.1 Å². The SMILES string of the molecule is C=C(F)C(=O)N1CCN(c2nc(OC)nc3c2NC(=O)C2(CCCc4c(C)cc(F)cc42)C3)CC1CC#N. The fourth-order valence-corrected chi connectivity index (χ4v) is 6.05. The van der Waals surface area contributed by atoms with Gasteiger partial charge in [-0.1, -0.05) is 6.58 Å². The number of benzene rings is 1. The number of hydrogen-bond acceptors (Lipinski definition) is 7. The number of halogens is 2. The first-order valence-corrected chi connectivity index (χ1v) is 12.5. The Bertz CT molecular complexity index is 1390. The smallest absolute Gasteiger partial charge is 0.318 e. The van der Waals surface area contributed by atoms with Crippen LogP contribution in [0.4, 0.5) is 20.3 Å². The summed E-state index contributed by atoms with van der Waals surface area (Å²) >= 11 is 0. The van der Waals surface area contributed by atoms with E-state index in [1.165, 1.54) is 24.1 Å². The van der Waals surface area contributed by atoms with E-state index >= 15 is 0 Å². The van der Waals surface area contributed by atoms with E-state index in [0.717, 1.165) is 24.0 Å². The lowest BCUT2D eigenvalue weighted by molar-refractivity contribution is -0.131. The maximum atomic E-state index is 14.5. The molecule has 38 heavy (non-hydrogen) atoms. The van der Waals surface area contributed by atoms with E-state index in [1.54, 1.807) is 0 Å². The van der Waals surface area contributed by atoms with Crippen LogP contribution in [-0.2, 0) is 27.8 Å². The van der Waals surface area contributed by atoms with Crippen LogP contribution >= 0.6 is 0 Å². The van der Waals surface area contributed by atoms with Gasteiger partial charge in [-0.05, 0) is 55.0 Å². The molecule has 1 fully saturated rings. The zero-order valence-electron chi connectivity index (χ0n) is 21.3. The Labute approximate surface area is 219 Å². The molecule has 2 atom stereocenters. The van der Waals surface area contributed by atoms with E-state index in [0.29, 0.717) is 29.2 Å². The number of rotatable bonds is 4. The Kier molecular flexibility index (Phi) is 6.51. The molecule has 11 heteroatoms. The van der Waals surface area contributed by atoms with Crippen LogP contribution < -0.4 is 15.0 Å². The monoisotopic (exact) mass is 522 g/mol. The second kappa shape index (κ2) is 9.67. The number of carbonyl (C=O) groups is 2. The van der Waals surface area contributed by atoms with E-state index in [2.05, 4.69) is 27.9 Å². The highest BCUT2D eigenvalue weighted by atomic mass is 19.1. The van der Waals surface area contributed by atoms with Gasteiger partial charge in [0.1, 0.15) is 11.5 Å². The topological polar surface area (TPSA) is 111 Å². The summed E-state index contributed by atoms with van der Waals surface area (Å²) in [6.07, 6.45) is 2.34. The van der Waals surface area contributed by atoms with Gasteiger partial charge >= 0.3 is 6.01 Å². The fraction of sp³-hybridized carbons (Fsp3) is 0.444. The molecule has 0 saturated carbocycles. The van der Waals surface area contributed by atoms with Crippen molar-refractivity contribution in [2.45, 2.75) is 50.5 Å². The lowest BCUT2D eigenvalue weighted by Crippen LogP contribution is -2.56. The summed E-state index contributed by atoms with van der Waals surface area (Å²) in [4.78, 5) is 38.3. The minimum absolute atomic E-state index is 0.0168. The largest absolute Gasteiger partial charge is 0.467 e. The lowest BCUT2D eigenvalue weighted by Gasteiger charge is -2.44. The summed E-state index contributed by atoms with van der Waals surface area (Å²) in [5.74, 6) is -2.16. The van der Waals surface area contributed by atoms with Gasteiger partial charge in [0.2, 0.25) is 5.91 Å². The molecule has 1 spiro atoms. The third-order valence-electron chi connectivity index (χ3n) is 7.86. The molecule has 1 aromatic carbocycles. The number of nitrogens with one attached hydrogen (secondary N) is 1. The quantitative estimate of drug-likeness (QED) is 0.614. The standard InChI is InChI=1S/C27H28F2N6O3/c1-15-11-17(29)12-20-19(15)5-4-7-27(20)13-21-22(32-25(27)37)23(33-26(31-21)38-3)34-9-10-35(24(36)16(2)28)18(14-34)6-8-30/h11-12,18H,2,4-7,9-10,13-14H2,1,3H3,(H,32,37). The Balaban J connectivity index is 1.55. The van der Waals surface area contributed by atoms with Crippen molar-refractivity contribution in [2.24, 2.45) is 0 Å². The molecule has 198 valence electrons. The zero-order valence-corrected chi connectivity index (χ0v) is 21.3. The van der Waals surface area contributed by atoms with Crippen molar-refractivity contribution in [1.82, 2.24) is 14.9 Å². The maximum Gasteiger partial charge on any atom is 0.318 e. The molecule has 1 aromatic heterocycles. The van der Waals surface area contributed by atoms with Crippen LogP contribution in [0.2, 0.25) is 0 Å². The van der Waals surface area contributed by atoms with E-state index in [1.807, 2.05) is 11.8 Å². The first-order chi connectivity index (χ1) is 18.2. The van der Waals surface area contributed by atoms with E-state index in [-0.39, 0.29) is 50.2 Å². The van der Waals surface area contributed by atoms with Crippen molar-refractivity contribution in [3.63, 3.8) is 0 Å². The molecule has 0 radical (unpaired) electrons. The predicted molar refractivity (Wildman–Crippen MR) is 135 cm³/mol. The van der Waals surface area contributed by atoms with E-state index in [9.17, 15) is 23.6 Å². The summed E-state index contributed by atoms with van der Waals surface area (Å²) in [5, 5.41) is 12.3. The van der Waals surface area contributed by atoms with Crippen molar-refractivity contribution in [1.29, 1.82) is 5.26 Å². The van der Waals surface area contributed by atoms with Crippen LogP contribution in [0.5, 0.6) is 6.01 Å². The second-order valence-electron chi connectivity index (χ2n) is 10.0. The first kappa shape index (κ1) is 25.6. The van der Waals surface area contributed by atoms with Crippen molar-refractivity contribution < 1.29 is 23.1 Å². The Morgan fingerprint density at radius 3 is 2.87 bits per heavy atom. The number of anilines is 2. The summed E-state index contributed by atoms with van der Waals surface area (Å²) in [5.41, 5.74) is 2.52. The van der Waals surface area contributed by atoms with Crippen molar-refractivity contribution in [3.8, 4) is 12.1 Å². The summed E-state index contributed by atoms with van der Waals surface area (Å²) in [7, 11) is 1.44. The molecule has 1 saturated heterocycles. The first-order valence-electron chi connectivity index (χ1n) is 12.5. The average Bonchev–Trinajstić information content (AvgIpc) is 2.89. The normalized spacial score (nSPS) is 22.3. The Morgan fingerprint density at radius 2 is 2.16 bits per heavy atom. The minimum atomic E-state index is -1.08. The molecule has 2 unspecified atom stereocenters. The highest BCUT2D eigenvalue weighted by molar-refractivity contribution is 6.04. The van der Waals surface area contributed by atoms with Crippen LogP contribution in [0.1, 0.15) is 41.6 Å². The minimum Gasteiger partial charge on any atom is -0.467 e. The number of nitriles is 1. The number of piperazine rings is 1. The molecular weight excluding hydrogens is 494 g/mol. The number of ether oxygens (including phenoxy) is 1. The number of amides is 2. The molecule has 3 aliphatic rings. The number of nitrogens with zero attached hydrogens (tertiary/aromatic N) is 5. The summed E-state index contributed by atoms with van der Waals surface area (Å²) in [6.45, 7) is 5.56. The van der Waals surface area contributed by atoms with Gasteiger partial charge in [-0.3, -0.25) is 9.59 Å². The molecular formula is C27H28F2N6O3. The van der Waals surface area contributed by atoms with Gasteiger partial charge in [-0.25, -0.2) is 8.78 Å². The van der Waals surface area contributed by atoms with Gasteiger partial charge in [0.25, 0.3) is 5.91 Å². The van der Waals surface area contributed by atoms with Crippen LogP contribution in [0.25, 0.3) is 0 Å². The lowest BCUT2D eigenvalue weighted by atomic mass is 9.64. The zero-order chi connectivity index (χ0) is 27.2. The van der Waals surface area contributed by atoms with E-state index < -0.39 is 23.2 Å². The molecule has 2 aliphatic heterocycles.